The van der Waals surface area contributed by atoms with Crippen LogP contribution in [0.3, 0.4) is 0 Å². The van der Waals surface area contributed by atoms with Crippen molar-refractivity contribution in [3.8, 4) is 0 Å². The summed E-state index contributed by atoms with van der Waals surface area (Å²) in [7, 11) is 0. The SMILES string of the molecule is CCN(CC)CCNC(=O)c1cc[c]([Sn]([CH2]CC(F)(F)C(F)(F)C(F)(F)C(F)(F)C(F)(F)C(F)(F)F)([CH2]CC(F)(F)C(F)(F)C(F)(F)C(F)(F)C(F)(F)C(F)(F)F)[CH2]CC(F)(F)C(F)(F)C(F)(F)C(F)(F)C(F)(F)C(F)(F)F)cc1. The van der Waals surface area contributed by atoms with Crippen LogP contribution in [0.4, 0.5) is 171 Å². The van der Waals surface area contributed by atoms with Crippen molar-refractivity contribution in [1.82, 2.24) is 10.2 Å². The van der Waals surface area contributed by atoms with E-state index in [1.54, 1.807) is 0 Å². The van der Waals surface area contributed by atoms with Crippen LogP contribution in [-0.2, 0) is 0 Å². The molecule has 0 aliphatic rings. The van der Waals surface area contributed by atoms with Crippen molar-refractivity contribution in [2.75, 3.05) is 26.2 Å². The topological polar surface area (TPSA) is 32.3 Å². The molecule has 0 saturated heterocycles. The van der Waals surface area contributed by atoms with Gasteiger partial charge >= 0.3 is 424 Å². The maximum absolute atomic E-state index is 15.3. The fourth-order valence-corrected chi connectivity index (χ4v) is 20.7. The van der Waals surface area contributed by atoms with Crippen molar-refractivity contribution >= 4 is 27.9 Å². The van der Waals surface area contributed by atoms with E-state index in [1.807, 2.05) is 5.32 Å². The van der Waals surface area contributed by atoms with Gasteiger partial charge in [-0.2, -0.15) is 0 Å². The minimum absolute atomic E-state index is 0.00421. The van der Waals surface area contributed by atoms with Gasteiger partial charge in [-0.3, -0.25) is 0 Å². The fraction of sp³-hybridized carbons (Fsp3) is 0.811. The molecule has 0 atom stereocenters. The number of hydrogen-bond donors (Lipinski definition) is 1. The molecule has 0 heterocycles. The van der Waals surface area contributed by atoms with Gasteiger partial charge in [-0.15, -0.1) is 0 Å². The Bertz CT molecular complexity index is 2050. The summed E-state index contributed by atoms with van der Waals surface area (Å²) >= 11 is -8.41. The third-order valence-corrected chi connectivity index (χ3v) is 26.9. The van der Waals surface area contributed by atoms with Crippen LogP contribution in [-0.4, -0.2) is 163 Å². The predicted octanol–water partition coefficient (Wildman–Crippen LogP) is 15.8. The number of likely N-dealkylation sites (N-methyl/N-ethyl adjacent to an activating group) is 1. The first-order chi connectivity index (χ1) is 34.8. The molecule has 0 saturated carbocycles. The summed E-state index contributed by atoms with van der Waals surface area (Å²) in [5, 5.41) is 2.00. The van der Waals surface area contributed by atoms with Gasteiger partial charge in [0.15, 0.2) is 0 Å². The molecule has 43 heteroatoms. The summed E-state index contributed by atoms with van der Waals surface area (Å²) < 4.78 is 536. The number of alkyl halides is 39. The van der Waals surface area contributed by atoms with Crippen LogP contribution >= 0.6 is 0 Å². The number of benzene rings is 1. The number of nitrogens with one attached hydrogen (secondary N) is 1. The van der Waals surface area contributed by atoms with Gasteiger partial charge in [-0.25, -0.2) is 0 Å². The molecular weight excluding hydrogens is 1350 g/mol. The van der Waals surface area contributed by atoms with Gasteiger partial charge < -0.3 is 0 Å². The molecule has 0 spiro atoms. The van der Waals surface area contributed by atoms with Gasteiger partial charge in [0.25, 0.3) is 0 Å². The van der Waals surface area contributed by atoms with Crippen molar-refractivity contribution in [3.63, 3.8) is 0 Å². The first-order valence-corrected chi connectivity index (χ1v) is 28.2. The summed E-state index contributed by atoms with van der Waals surface area (Å²) in [6.07, 6.45) is -36.8. The second-order valence-corrected chi connectivity index (χ2v) is 30.4. The second kappa shape index (κ2) is 22.3. The quantitative estimate of drug-likeness (QED) is 0.0670. The average Bonchev–Trinajstić information content (AvgIpc) is 3.28. The Labute approximate surface area is 423 Å². The van der Waals surface area contributed by atoms with Crippen LogP contribution in [0.2, 0.25) is 13.3 Å². The molecule has 0 unspecified atom stereocenters. The van der Waals surface area contributed by atoms with E-state index in [9.17, 15) is 150 Å². The zero-order valence-electron chi connectivity index (χ0n) is 38.5. The Morgan fingerprint density at radius 1 is 0.362 bits per heavy atom. The van der Waals surface area contributed by atoms with Gasteiger partial charge in [-0.05, 0) is 0 Å². The average molecular weight is 1380 g/mol. The summed E-state index contributed by atoms with van der Waals surface area (Å²) in [6.45, 7) is 2.87. The molecule has 3 nitrogen and oxygen atoms in total. The summed E-state index contributed by atoms with van der Waals surface area (Å²) in [4.78, 5) is 14.3. The first kappa shape index (κ1) is 74.7. The molecule has 1 aromatic carbocycles. The van der Waals surface area contributed by atoms with E-state index < -0.39 is 180 Å². The van der Waals surface area contributed by atoms with Gasteiger partial charge in [0.2, 0.25) is 0 Å². The Morgan fingerprint density at radius 3 is 0.800 bits per heavy atom. The van der Waals surface area contributed by atoms with Crippen molar-refractivity contribution in [2.24, 2.45) is 0 Å². The summed E-state index contributed by atoms with van der Waals surface area (Å²) in [5.41, 5.74) is -1.05. The molecule has 80 heavy (non-hydrogen) atoms. The normalized spacial score (nSPS) is 16.0. The standard InChI is InChI=1S/C13H19N2O.3C8H4F13.Sn/c1-3-15(4-2)11-10-14-13(16)12-8-6-5-7-9-12;3*1-2-3(9,10)4(11,12)5(13,14)6(15,16)7(17,18)8(19,20)21;/h6-9H,3-4,10-11H2,1-2H3,(H,14,16);3*1-2H2;. The van der Waals surface area contributed by atoms with Crippen LogP contribution in [0.1, 0.15) is 43.5 Å². The van der Waals surface area contributed by atoms with E-state index in [0.717, 1.165) is 0 Å². The van der Waals surface area contributed by atoms with E-state index >= 15 is 26.3 Å². The van der Waals surface area contributed by atoms with Crippen LogP contribution in [0.15, 0.2) is 24.3 Å². The monoisotopic (exact) mass is 1380 g/mol. The molecule has 0 radical (unpaired) electrons. The number of rotatable bonds is 28. The first-order valence-electron chi connectivity index (χ1n) is 20.7. The second-order valence-electron chi connectivity index (χ2n) is 17.1. The molecule has 0 fully saturated rings. The molecule has 0 bridgehead atoms. The minimum atomic E-state index is -8.92. The zero-order valence-corrected chi connectivity index (χ0v) is 41.3. The molecule has 0 aromatic heterocycles. The Kier molecular flexibility index (Phi) is 20.8. The molecule has 1 N–H and O–H groups in total. The van der Waals surface area contributed by atoms with E-state index in [1.165, 1.54) is 18.7 Å². The van der Waals surface area contributed by atoms with E-state index in [4.69, 9.17) is 0 Å². The molecular formula is C37H31F39N2OSn. The van der Waals surface area contributed by atoms with Crippen LogP contribution in [0.25, 0.3) is 0 Å². The number of carbonyl (C=O) groups is 1. The molecule has 1 aromatic rings. The Balaban J connectivity index is 4.64. The van der Waals surface area contributed by atoms with Gasteiger partial charge in [0.1, 0.15) is 0 Å². The summed E-state index contributed by atoms with van der Waals surface area (Å²) in [6, 6.07) is -0.556. The molecule has 0 aliphatic heterocycles. The van der Waals surface area contributed by atoms with Crippen LogP contribution < -0.4 is 8.90 Å². The van der Waals surface area contributed by atoms with Crippen LogP contribution in [0.5, 0.6) is 0 Å². The number of carbonyl (C=O) groups excluding carboxylic acids is 1. The Hall–Kier alpha value is -3.28. The van der Waals surface area contributed by atoms with Crippen molar-refractivity contribution < 1.29 is 176 Å². The third kappa shape index (κ3) is 12.2. The molecule has 472 valence electrons. The van der Waals surface area contributed by atoms with E-state index in [2.05, 4.69) is 0 Å². The summed E-state index contributed by atoms with van der Waals surface area (Å²) in [5.74, 6) is -130. The van der Waals surface area contributed by atoms with Gasteiger partial charge in [0.05, 0.1) is 0 Å². The maximum atomic E-state index is 15.3. The predicted molar refractivity (Wildman–Crippen MR) is 193 cm³/mol. The third-order valence-electron chi connectivity index (χ3n) is 12.1. The van der Waals surface area contributed by atoms with E-state index in [0.29, 0.717) is 0 Å². The van der Waals surface area contributed by atoms with Crippen molar-refractivity contribution in [2.45, 2.75) is 154 Å². The van der Waals surface area contributed by atoms with Gasteiger partial charge in [-0.1, -0.05) is 0 Å². The Morgan fingerprint density at radius 2 is 0.588 bits per heavy atom. The molecule has 0 aliphatic carbocycles. The number of amides is 1. The van der Waals surface area contributed by atoms with Crippen LogP contribution in [0, 0.1) is 0 Å². The fourth-order valence-electron chi connectivity index (χ4n) is 6.82. The number of halogens is 39. The van der Waals surface area contributed by atoms with Crippen molar-refractivity contribution in [3.05, 3.63) is 29.8 Å². The van der Waals surface area contributed by atoms with Gasteiger partial charge in [0, 0.05) is 0 Å². The van der Waals surface area contributed by atoms with E-state index in [-0.39, 0.29) is 43.9 Å². The van der Waals surface area contributed by atoms with Crippen molar-refractivity contribution in [1.29, 1.82) is 0 Å². The number of nitrogens with zero attached hydrogens (tertiary/aromatic N) is 1. The number of hydrogen-bond acceptors (Lipinski definition) is 2. The zero-order chi connectivity index (χ0) is 64.4. The molecule has 1 amide bonds. The molecule has 1 rings (SSSR count).